The number of hydrogen-bond acceptors (Lipinski definition) is 3. The smallest absolute Gasteiger partial charge is 0.137 e. The summed E-state index contributed by atoms with van der Waals surface area (Å²) >= 11 is 5.38. The third-order valence-corrected chi connectivity index (χ3v) is 1.35. The van der Waals surface area contributed by atoms with E-state index in [-0.39, 0.29) is 16.5 Å². The zero-order valence-electron chi connectivity index (χ0n) is 5.62. The summed E-state index contributed by atoms with van der Waals surface area (Å²) in [5, 5.41) is 17.6. The summed E-state index contributed by atoms with van der Waals surface area (Å²) in [5.74, 6) is -0.201. The van der Waals surface area contributed by atoms with Crippen molar-refractivity contribution in [3.63, 3.8) is 0 Å². The second kappa shape index (κ2) is 4.57. The lowest BCUT2D eigenvalue weighted by Crippen LogP contribution is -1.67. The van der Waals surface area contributed by atoms with Crippen LogP contribution in [0.1, 0.15) is 0 Å². The first-order chi connectivity index (χ1) is 5.22. The summed E-state index contributed by atoms with van der Waals surface area (Å²) in [5.41, 5.74) is 0. The van der Waals surface area contributed by atoms with Crippen LogP contribution in [-0.4, -0.2) is 17.0 Å². The van der Waals surface area contributed by atoms with E-state index in [0.717, 1.165) is 0 Å². The van der Waals surface area contributed by atoms with E-state index < -0.39 is 0 Å². The number of carbonyl (C=O) groups excluding carboxylic acids is 1. The molecule has 1 aromatic carbocycles. The van der Waals surface area contributed by atoms with Gasteiger partial charge < -0.3 is 15.0 Å². The predicted octanol–water partition coefficient (Wildman–Crippen LogP) is 1.57. The number of hydrogen-bond donors (Lipinski definition) is 2. The number of phenolic OH excluding ortho intramolecular Hbond substituents is 2. The minimum Gasteiger partial charge on any atom is -0.506 e. The lowest BCUT2D eigenvalue weighted by Gasteiger charge is -1.95. The van der Waals surface area contributed by atoms with Crippen molar-refractivity contribution in [1.82, 2.24) is 0 Å². The van der Waals surface area contributed by atoms with Crippen LogP contribution >= 0.6 is 11.6 Å². The van der Waals surface area contributed by atoms with Gasteiger partial charge in [-0.05, 0) is 12.1 Å². The highest BCUT2D eigenvalue weighted by molar-refractivity contribution is 6.33. The Balaban J connectivity index is 0.000000461. The Hall–Kier alpha value is -1.22. The van der Waals surface area contributed by atoms with Gasteiger partial charge in [0.25, 0.3) is 0 Å². The first-order valence-corrected chi connectivity index (χ1v) is 3.05. The summed E-state index contributed by atoms with van der Waals surface area (Å²) in [6.45, 7) is 2.00. The van der Waals surface area contributed by atoms with E-state index in [1.165, 1.54) is 18.2 Å². The summed E-state index contributed by atoms with van der Waals surface area (Å²) in [7, 11) is 0. The number of halogens is 1. The van der Waals surface area contributed by atoms with Crippen molar-refractivity contribution < 1.29 is 15.0 Å². The Morgan fingerprint density at radius 1 is 1.18 bits per heavy atom. The highest BCUT2D eigenvalue weighted by atomic mass is 35.5. The van der Waals surface area contributed by atoms with E-state index in [4.69, 9.17) is 26.6 Å². The molecule has 0 saturated heterocycles. The molecule has 0 bridgehead atoms. The molecule has 4 heteroatoms. The van der Waals surface area contributed by atoms with Gasteiger partial charge in [-0.15, -0.1) is 0 Å². The Kier molecular flexibility index (Phi) is 4.07. The van der Waals surface area contributed by atoms with E-state index >= 15 is 0 Å². The second-order valence-electron chi connectivity index (χ2n) is 1.61. The molecule has 0 aliphatic heterocycles. The quantitative estimate of drug-likeness (QED) is 0.628. The fourth-order valence-electron chi connectivity index (χ4n) is 0.508. The van der Waals surface area contributed by atoms with Gasteiger partial charge in [-0.3, -0.25) is 0 Å². The van der Waals surface area contributed by atoms with Crippen LogP contribution in [0.2, 0.25) is 5.02 Å². The van der Waals surface area contributed by atoms with Crippen molar-refractivity contribution in [2.45, 2.75) is 0 Å². The Morgan fingerprint density at radius 2 is 1.55 bits per heavy atom. The molecule has 0 spiro atoms. The average Bonchev–Trinajstić information content (AvgIpc) is 2.04. The van der Waals surface area contributed by atoms with Gasteiger partial charge >= 0.3 is 0 Å². The number of aromatic hydroxyl groups is 2. The first kappa shape index (κ1) is 9.78. The summed E-state index contributed by atoms with van der Waals surface area (Å²) in [6, 6.07) is 4.32. The second-order valence-corrected chi connectivity index (χ2v) is 1.99. The van der Waals surface area contributed by atoms with Gasteiger partial charge in [0.1, 0.15) is 23.3 Å². The van der Waals surface area contributed by atoms with Gasteiger partial charge in [0.05, 0.1) is 0 Å². The largest absolute Gasteiger partial charge is 0.506 e. The zero-order chi connectivity index (χ0) is 8.85. The molecule has 1 aromatic rings. The molecular formula is C7H7ClO3. The van der Waals surface area contributed by atoms with E-state index in [2.05, 4.69) is 0 Å². The van der Waals surface area contributed by atoms with Gasteiger partial charge in [0.2, 0.25) is 0 Å². The Morgan fingerprint density at radius 3 is 1.82 bits per heavy atom. The molecule has 60 valence electrons. The number of phenols is 2. The standard InChI is InChI=1S/C6H5ClO2.CH2O/c7-6-4(8)2-1-3-5(6)9;1-2/h1-3,8-9H;1H2. The fourth-order valence-corrected chi connectivity index (χ4v) is 0.634. The highest BCUT2D eigenvalue weighted by Crippen LogP contribution is 2.30. The van der Waals surface area contributed by atoms with E-state index in [1.54, 1.807) is 0 Å². The van der Waals surface area contributed by atoms with Crippen molar-refractivity contribution >= 4 is 18.4 Å². The van der Waals surface area contributed by atoms with E-state index in [0.29, 0.717) is 0 Å². The van der Waals surface area contributed by atoms with Gasteiger partial charge in [0, 0.05) is 0 Å². The molecule has 0 saturated carbocycles. The molecule has 1 rings (SSSR count). The molecule has 0 aliphatic carbocycles. The molecule has 2 N–H and O–H groups in total. The van der Waals surface area contributed by atoms with Crippen molar-refractivity contribution in [3.05, 3.63) is 23.2 Å². The molecule has 0 unspecified atom stereocenters. The minimum atomic E-state index is -0.100. The third-order valence-electron chi connectivity index (χ3n) is 0.958. The summed E-state index contributed by atoms with van der Waals surface area (Å²) < 4.78 is 0. The molecule has 0 radical (unpaired) electrons. The van der Waals surface area contributed by atoms with Crippen LogP contribution in [0.3, 0.4) is 0 Å². The zero-order valence-corrected chi connectivity index (χ0v) is 6.38. The van der Waals surface area contributed by atoms with Crippen LogP contribution in [0.5, 0.6) is 11.5 Å². The summed E-state index contributed by atoms with van der Waals surface area (Å²) in [6.07, 6.45) is 0. The lowest BCUT2D eigenvalue weighted by molar-refractivity contribution is -0.0979. The lowest BCUT2D eigenvalue weighted by atomic mass is 10.3. The average molecular weight is 175 g/mol. The maximum absolute atomic E-state index is 8.81. The van der Waals surface area contributed by atoms with Gasteiger partial charge in [-0.1, -0.05) is 17.7 Å². The Bertz CT molecular complexity index is 217. The number of rotatable bonds is 0. The van der Waals surface area contributed by atoms with Crippen molar-refractivity contribution in [1.29, 1.82) is 0 Å². The third kappa shape index (κ3) is 2.47. The van der Waals surface area contributed by atoms with Crippen molar-refractivity contribution in [2.24, 2.45) is 0 Å². The maximum Gasteiger partial charge on any atom is 0.137 e. The maximum atomic E-state index is 8.81. The van der Waals surface area contributed by atoms with Crippen molar-refractivity contribution in [3.8, 4) is 11.5 Å². The predicted molar refractivity (Wildman–Crippen MR) is 41.9 cm³/mol. The molecule has 0 fully saturated rings. The van der Waals surface area contributed by atoms with Gasteiger partial charge in [-0.25, -0.2) is 0 Å². The minimum absolute atomic E-state index is 0.00231. The monoisotopic (exact) mass is 174 g/mol. The molecule has 0 heterocycles. The molecule has 0 atom stereocenters. The molecule has 0 aliphatic rings. The SMILES string of the molecule is C=O.Oc1cccc(O)c1Cl. The number of carbonyl (C=O) groups is 1. The molecule has 11 heavy (non-hydrogen) atoms. The molecule has 3 nitrogen and oxygen atoms in total. The highest BCUT2D eigenvalue weighted by Gasteiger charge is 2.00. The van der Waals surface area contributed by atoms with E-state index in [9.17, 15) is 0 Å². The van der Waals surface area contributed by atoms with Crippen LogP contribution in [0.25, 0.3) is 0 Å². The van der Waals surface area contributed by atoms with Crippen LogP contribution in [0, 0.1) is 0 Å². The summed E-state index contributed by atoms with van der Waals surface area (Å²) in [4.78, 5) is 8.00. The number of benzene rings is 1. The van der Waals surface area contributed by atoms with Crippen LogP contribution in [-0.2, 0) is 4.79 Å². The Labute approximate surface area is 68.9 Å². The normalized spacial score (nSPS) is 8.09. The van der Waals surface area contributed by atoms with Crippen LogP contribution < -0.4 is 0 Å². The molecular weight excluding hydrogens is 168 g/mol. The van der Waals surface area contributed by atoms with E-state index in [1.807, 2.05) is 6.79 Å². The fraction of sp³-hybridized carbons (Fsp3) is 0. The first-order valence-electron chi connectivity index (χ1n) is 2.67. The topological polar surface area (TPSA) is 57.5 Å². The van der Waals surface area contributed by atoms with Gasteiger partial charge in [-0.2, -0.15) is 0 Å². The van der Waals surface area contributed by atoms with Crippen LogP contribution in [0.4, 0.5) is 0 Å². The van der Waals surface area contributed by atoms with Crippen LogP contribution in [0.15, 0.2) is 18.2 Å². The van der Waals surface area contributed by atoms with Gasteiger partial charge in [0.15, 0.2) is 0 Å². The molecule has 0 amide bonds. The molecule has 0 aromatic heterocycles. The van der Waals surface area contributed by atoms with Crippen molar-refractivity contribution in [2.75, 3.05) is 0 Å².